The number of amides is 1. The molecule has 0 bridgehead atoms. The highest BCUT2D eigenvalue weighted by Gasteiger charge is 2.14. The number of nitrogens with zero attached hydrogens (tertiary/aromatic N) is 1. The Kier molecular flexibility index (Phi) is 7.31. The zero-order valence-corrected chi connectivity index (χ0v) is 18.1. The van der Waals surface area contributed by atoms with Gasteiger partial charge >= 0.3 is 0 Å². The third-order valence-electron chi connectivity index (χ3n) is 5.31. The predicted octanol–water partition coefficient (Wildman–Crippen LogP) is 4.21. The summed E-state index contributed by atoms with van der Waals surface area (Å²) in [5, 5.41) is 5.49. The van der Waals surface area contributed by atoms with Gasteiger partial charge in [-0.05, 0) is 54.4 Å². The Morgan fingerprint density at radius 3 is 2.50 bits per heavy atom. The van der Waals surface area contributed by atoms with Crippen LogP contribution in [0, 0.1) is 0 Å². The number of likely N-dealkylation sites (N-methyl/N-ethyl adjacent to an activating group) is 1. The molecule has 5 nitrogen and oxygen atoms in total. The predicted molar refractivity (Wildman–Crippen MR) is 121 cm³/mol. The summed E-state index contributed by atoms with van der Waals surface area (Å²) in [4.78, 5) is 14.6. The molecule has 0 saturated carbocycles. The fourth-order valence-corrected chi connectivity index (χ4v) is 3.67. The van der Waals surface area contributed by atoms with Crippen molar-refractivity contribution in [3.8, 4) is 11.5 Å². The van der Waals surface area contributed by atoms with Gasteiger partial charge in [0.05, 0.1) is 26.8 Å². The Labute approximate surface area is 178 Å². The maximum atomic E-state index is 12.6. The summed E-state index contributed by atoms with van der Waals surface area (Å²) in [5.41, 5.74) is 2.28. The van der Waals surface area contributed by atoms with Crippen LogP contribution in [0.1, 0.15) is 24.1 Å². The van der Waals surface area contributed by atoms with E-state index in [1.54, 1.807) is 14.2 Å². The second-order valence-corrected chi connectivity index (χ2v) is 7.53. The van der Waals surface area contributed by atoms with Gasteiger partial charge in [0, 0.05) is 6.54 Å². The van der Waals surface area contributed by atoms with Crippen molar-refractivity contribution < 1.29 is 14.3 Å². The molecule has 0 unspecified atom stereocenters. The standard InChI is InChI=1S/C25H30N2O3/c1-18(21-11-7-9-20-8-5-6-10-22(20)21)26-25(28)17-27(2)15-14-19-12-13-23(29-3)24(16-19)30-4/h5-13,16,18H,14-15,17H2,1-4H3,(H,26,28)/t18-/m1/s1. The number of ether oxygens (including phenoxy) is 2. The van der Waals surface area contributed by atoms with E-state index in [0.29, 0.717) is 6.54 Å². The fourth-order valence-electron chi connectivity index (χ4n) is 3.67. The van der Waals surface area contributed by atoms with Gasteiger partial charge in [-0.15, -0.1) is 0 Å². The van der Waals surface area contributed by atoms with Crippen molar-refractivity contribution in [3.63, 3.8) is 0 Å². The minimum atomic E-state index is -0.0529. The second kappa shape index (κ2) is 10.1. The lowest BCUT2D eigenvalue weighted by atomic mass is 10.00. The molecule has 0 radical (unpaired) electrons. The van der Waals surface area contributed by atoms with Crippen molar-refractivity contribution >= 4 is 16.7 Å². The van der Waals surface area contributed by atoms with Crippen molar-refractivity contribution in [2.45, 2.75) is 19.4 Å². The molecule has 1 atom stereocenters. The lowest BCUT2D eigenvalue weighted by Crippen LogP contribution is -2.37. The molecule has 1 N–H and O–H groups in total. The lowest BCUT2D eigenvalue weighted by Gasteiger charge is -2.20. The molecule has 3 aromatic carbocycles. The summed E-state index contributed by atoms with van der Waals surface area (Å²) in [6.45, 7) is 3.15. The number of nitrogens with one attached hydrogen (secondary N) is 1. The maximum Gasteiger partial charge on any atom is 0.234 e. The molecule has 5 heteroatoms. The normalized spacial score (nSPS) is 12.0. The van der Waals surface area contributed by atoms with Crippen LogP contribution in [0.3, 0.4) is 0 Å². The largest absolute Gasteiger partial charge is 0.493 e. The summed E-state index contributed by atoms with van der Waals surface area (Å²) in [6.07, 6.45) is 0.822. The van der Waals surface area contributed by atoms with E-state index in [9.17, 15) is 4.79 Å². The number of rotatable bonds is 9. The summed E-state index contributed by atoms with van der Waals surface area (Å²) < 4.78 is 10.6. The molecule has 0 fully saturated rings. The summed E-state index contributed by atoms with van der Waals surface area (Å²) in [6, 6.07) is 20.3. The van der Waals surface area contributed by atoms with Gasteiger partial charge < -0.3 is 14.8 Å². The average molecular weight is 407 g/mol. The van der Waals surface area contributed by atoms with Crippen LogP contribution >= 0.6 is 0 Å². The second-order valence-electron chi connectivity index (χ2n) is 7.53. The first kappa shape index (κ1) is 21.7. The molecule has 0 saturated heterocycles. The summed E-state index contributed by atoms with van der Waals surface area (Å²) >= 11 is 0. The van der Waals surface area contributed by atoms with E-state index in [1.807, 2.05) is 55.3 Å². The number of benzene rings is 3. The first-order valence-corrected chi connectivity index (χ1v) is 10.2. The maximum absolute atomic E-state index is 12.6. The zero-order valence-electron chi connectivity index (χ0n) is 18.1. The molecule has 0 aliphatic rings. The monoisotopic (exact) mass is 406 g/mol. The number of carbonyl (C=O) groups excluding carboxylic acids is 1. The molecule has 0 aliphatic carbocycles. The molecule has 3 aromatic rings. The third kappa shape index (κ3) is 5.30. The van der Waals surface area contributed by atoms with Crippen molar-refractivity contribution in [2.75, 3.05) is 34.4 Å². The number of methoxy groups -OCH3 is 2. The van der Waals surface area contributed by atoms with Crippen LogP contribution in [-0.4, -0.2) is 45.2 Å². The highest BCUT2D eigenvalue weighted by Crippen LogP contribution is 2.28. The van der Waals surface area contributed by atoms with E-state index in [-0.39, 0.29) is 11.9 Å². The quantitative estimate of drug-likeness (QED) is 0.578. The average Bonchev–Trinajstić information content (AvgIpc) is 2.76. The van der Waals surface area contributed by atoms with Crippen molar-refractivity contribution in [3.05, 3.63) is 71.8 Å². The molecular weight excluding hydrogens is 376 g/mol. The van der Waals surface area contributed by atoms with Crippen LogP contribution in [0.5, 0.6) is 11.5 Å². The topological polar surface area (TPSA) is 50.8 Å². The first-order valence-electron chi connectivity index (χ1n) is 10.2. The van der Waals surface area contributed by atoms with Gasteiger partial charge in [0.2, 0.25) is 5.91 Å². The number of hydrogen-bond donors (Lipinski definition) is 1. The number of fused-ring (bicyclic) bond motifs is 1. The van der Waals surface area contributed by atoms with E-state index in [2.05, 4.69) is 29.6 Å². The van der Waals surface area contributed by atoms with Gasteiger partial charge in [0.15, 0.2) is 11.5 Å². The minimum Gasteiger partial charge on any atom is -0.493 e. The van der Waals surface area contributed by atoms with Gasteiger partial charge in [0.25, 0.3) is 0 Å². The van der Waals surface area contributed by atoms with Crippen LogP contribution in [-0.2, 0) is 11.2 Å². The highest BCUT2D eigenvalue weighted by molar-refractivity contribution is 5.87. The molecule has 30 heavy (non-hydrogen) atoms. The molecule has 0 aromatic heterocycles. The van der Waals surface area contributed by atoms with E-state index in [4.69, 9.17) is 9.47 Å². The Morgan fingerprint density at radius 2 is 1.73 bits per heavy atom. The van der Waals surface area contributed by atoms with Gasteiger partial charge in [0.1, 0.15) is 0 Å². The summed E-state index contributed by atoms with van der Waals surface area (Å²) in [7, 11) is 5.22. The van der Waals surface area contributed by atoms with Crippen LogP contribution in [0.25, 0.3) is 10.8 Å². The van der Waals surface area contributed by atoms with Gasteiger partial charge in [-0.25, -0.2) is 0 Å². The Morgan fingerprint density at radius 1 is 1.00 bits per heavy atom. The lowest BCUT2D eigenvalue weighted by molar-refractivity contribution is -0.122. The molecule has 0 heterocycles. The molecule has 3 rings (SSSR count). The number of carbonyl (C=O) groups is 1. The van der Waals surface area contributed by atoms with Gasteiger partial charge in [-0.3, -0.25) is 9.69 Å². The third-order valence-corrected chi connectivity index (χ3v) is 5.31. The Balaban J connectivity index is 1.54. The van der Waals surface area contributed by atoms with Crippen LogP contribution in [0.2, 0.25) is 0 Å². The van der Waals surface area contributed by atoms with Crippen LogP contribution in [0.4, 0.5) is 0 Å². The fraction of sp³-hybridized carbons (Fsp3) is 0.320. The highest BCUT2D eigenvalue weighted by atomic mass is 16.5. The first-order chi connectivity index (χ1) is 14.5. The molecule has 1 amide bonds. The minimum absolute atomic E-state index is 0.0187. The van der Waals surface area contributed by atoms with E-state index in [0.717, 1.165) is 35.6 Å². The van der Waals surface area contributed by atoms with Crippen molar-refractivity contribution in [1.29, 1.82) is 0 Å². The SMILES string of the molecule is COc1ccc(CCN(C)CC(=O)N[C@H](C)c2cccc3ccccc23)cc1OC. The molecule has 0 spiro atoms. The van der Waals surface area contributed by atoms with Crippen LogP contribution < -0.4 is 14.8 Å². The smallest absolute Gasteiger partial charge is 0.234 e. The van der Waals surface area contributed by atoms with Gasteiger partial charge in [-0.1, -0.05) is 48.5 Å². The van der Waals surface area contributed by atoms with E-state index in [1.165, 1.54) is 10.8 Å². The van der Waals surface area contributed by atoms with Gasteiger partial charge in [-0.2, -0.15) is 0 Å². The molecule has 158 valence electrons. The summed E-state index contributed by atoms with van der Waals surface area (Å²) in [5.74, 6) is 1.46. The Bertz CT molecular complexity index is 997. The molecular formula is C25H30N2O3. The van der Waals surface area contributed by atoms with Crippen molar-refractivity contribution in [2.24, 2.45) is 0 Å². The van der Waals surface area contributed by atoms with E-state index < -0.39 is 0 Å². The zero-order chi connectivity index (χ0) is 21.5. The molecule has 0 aliphatic heterocycles. The Hall–Kier alpha value is -3.05. The van der Waals surface area contributed by atoms with Crippen molar-refractivity contribution in [1.82, 2.24) is 10.2 Å². The van der Waals surface area contributed by atoms with Crippen LogP contribution in [0.15, 0.2) is 60.7 Å². The number of hydrogen-bond acceptors (Lipinski definition) is 4. The van der Waals surface area contributed by atoms with E-state index >= 15 is 0 Å².